The predicted molar refractivity (Wildman–Crippen MR) is 91.2 cm³/mol. The Labute approximate surface area is 139 Å². The van der Waals surface area contributed by atoms with Gasteiger partial charge in [0.05, 0.1) is 18.8 Å². The Hall–Kier alpha value is -1.13. The molecule has 2 fully saturated rings. The van der Waals surface area contributed by atoms with Gasteiger partial charge in [-0.2, -0.15) is 0 Å². The van der Waals surface area contributed by atoms with E-state index in [0.717, 1.165) is 50.4 Å². The summed E-state index contributed by atoms with van der Waals surface area (Å²) < 4.78 is 5.61. The summed E-state index contributed by atoms with van der Waals surface area (Å²) in [6, 6.07) is 2.17. The van der Waals surface area contributed by atoms with Crippen LogP contribution >= 0.6 is 0 Å². The number of allylic oxidation sites excluding steroid dienone is 1. The zero-order valence-corrected chi connectivity index (χ0v) is 14.2. The van der Waals surface area contributed by atoms with Crippen molar-refractivity contribution >= 4 is 0 Å². The van der Waals surface area contributed by atoms with E-state index in [4.69, 9.17) is 4.52 Å². The summed E-state index contributed by atoms with van der Waals surface area (Å²) in [5, 5.41) is 14.2. The van der Waals surface area contributed by atoms with E-state index in [-0.39, 0.29) is 12.0 Å². The summed E-state index contributed by atoms with van der Waals surface area (Å²) in [4.78, 5) is 2.40. The minimum Gasteiger partial charge on any atom is -0.396 e. The number of likely N-dealkylation sites (tertiary alicyclic amines) is 1. The van der Waals surface area contributed by atoms with Crippen molar-refractivity contribution in [2.45, 2.75) is 63.8 Å². The molecule has 2 aliphatic rings. The van der Waals surface area contributed by atoms with Crippen LogP contribution in [0, 0.1) is 5.41 Å². The van der Waals surface area contributed by atoms with Gasteiger partial charge in [-0.3, -0.25) is 4.90 Å². The average Bonchev–Trinajstić information content (AvgIpc) is 3.05. The van der Waals surface area contributed by atoms with Crippen molar-refractivity contribution in [3.05, 3.63) is 30.2 Å². The second-order valence-corrected chi connectivity index (χ2v) is 7.52. The zero-order valence-electron chi connectivity index (χ0n) is 14.2. The Morgan fingerprint density at radius 1 is 1.35 bits per heavy atom. The molecule has 2 heterocycles. The van der Waals surface area contributed by atoms with Gasteiger partial charge in [-0.1, -0.05) is 30.5 Å². The Morgan fingerprint density at radius 3 is 2.91 bits per heavy atom. The number of aromatic nitrogens is 1. The van der Waals surface area contributed by atoms with Crippen LogP contribution in [0.15, 0.2) is 23.2 Å². The molecular weight excluding hydrogens is 288 g/mol. The third-order valence-electron chi connectivity index (χ3n) is 5.63. The normalized spacial score (nSPS) is 27.2. The fourth-order valence-electron chi connectivity index (χ4n) is 4.33. The topological polar surface area (TPSA) is 49.5 Å². The van der Waals surface area contributed by atoms with Gasteiger partial charge in [0.25, 0.3) is 0 Å². The number of hydrogen-bond acceptors (Lipinski definition) is 4. The van der Waals surface area contributed by atoms with Gasteiger partial charge in [0.15, 0.2) is 5.76 Å². The third kappa shape index (κ3) is 4.04. The zero-order chi connectivity index (χ0) is 16.1. The highest BCUT2D eigenvalue weighted by molar-refractivity contribution is 5.11. The number of piperidine rings is 1. The van der Waals surface area contributed by atoms with E-state index in [1.807, 2.05) is 6.08 Å². The molecule has 3 rings (SSSR count). The first-order valence-corrected chi connectivity index (χ1v) is 9.14. The highest BCUT2D eigenvalue weighted by Gasteiger charge is 2.34. The highest BCUT2D eigenvalue weighted by atomic mass is 16.5. The molecule has 4 heteroatoms. The molecule has 0 radical (unpaired) electrons. The lowest BCUT2D eigenvalue weighted by Gasteiger charge is -2.41. The Morgan fingerprint density at radius 2 is 2.17 bits per heavy atom. The third-order valence-corrected chi connectivity index (χ3v) is 5.63. The number of nitrogens with zero attached hydrogens (tertiary/aromatic N) is 2. The standard InChI is InChI=1S/C19H30N2O2/c1-2-9-19(15-22)10-6-11-21(14-19)13-17-12-18(20-23-17)16-7-4-3-5-8-16/h2,12,16,22H,1,3-11,13-15H2. The molecule has 1 saturated heterocycles. The van der Waals surface area contributed by atoms with Crippen LogP contribution in [0.4, 0.5) is 0 Å². The lowest BCUT2D eigenvalue weighted by atomic mass is 9.78. The Bertz CT molecular complexity index is 507. The Balaban J connectivity index is 1.60. The smallest absolute Gasteiger partial charge is 0.150 e. The van der Waals surface area contributed by atoms with Gasteiger partial charge in [0, 0.05) is 23.9 Å². The van der Waals surface area contributed by atoms with Gasteiger partial charge < -0.3 is 9.63 Å². The van der Waals surface area contributed by atoms with E-state index in [9.17, 15) is 5.11 Å². The minimum atomic E-state index is -0.0216. The second kappa shape index (κ2) is 7.63. The van der Waals surface area contributed by atoms with Crippen molar-refractivity contribution in [1.29, 1.82) is 0 Å². The molecule has 1 aromatic rings. The maximum Gasteiger partial charge on any atom is 0.150 e. The van der Waals surface area contributed by atoms with E-state index in [1.54, 1.807) is 0 Å². The van der Waals surface area contributed by atoms with E-state index >= 15 is 0 Å². The number of aliphatic hydroxyl groups excluding tert-OH is 1. The van der Waals surface area contributed by atoms with Gasteiger partial charge in [-0.15, -0.1) is 6.58 Å². The van der Waals surface area contributed by atoms with Crippen molar-refractivity contribution in [1.82, 2.24) is 10.1 Å². The van der Waals surface area contributed by atoms with Gasteiger partial charge in [-0.05, 0) is 38.6 Å². The fourth-order valence-corrected chi connectivity index (χ4v) is 4.33. The first-order valence-electron chi connectivity index (χ1n) is 9.14. The molecule has 1 N–H and O–H groups in total. The molecule has 0 bridgehead atoms. The fraction of sp³-hybridized carbons (Fsp3) is 0.737. The quantitative estimate of drug-likeness (QED) is 0.809. The highest BCUT2D eigenvalue weighted by Crippen LogP contribution is 2.35. The summed E-state index contributed by atoms with van der Waals surface area (Å²) in [5.41, 5.74) is 1.13. The van der Waals surface area contributed by atoms with Crippen molar-refractivity contribution in [2.75, 3.05) is 19.7 Å². The second-order valence-electron chi connectivity index (χ2n) is 7.52. The van der Waals surface area contributed by atoms with Gasteiger partial charge in [-0.25, -0.2) is 0 Å². The summed E-state index contributed by atoms with van der Waals surface area (Å²) in [6.07, 6.45) is 11.5. The summed E-state index contributed by atoms with van der Waals surface area (Å²) in [5.74, 6) is 1.57. The van der Waals surface area contributed by atoms with Gasteiger partial charge >= 0.3 is 0 Å². The van der Waals surface area contributed by atoms with E-state index in [1.165, 1.54) is 32.1 Å². The molecular formula is C19H30N2O2. The molecule has 1 aliphatic carbocycles. The van der Waals surface area contributed by atoms with E-state index in [2.05, 4.69) is 22.7 Å². The molecule has 1 atom stereocenters. The van der Waals surface area contributed by atoms with Crippen molar-refractivity contribution in [3.63, 3.8) is 0 Å². The molecule has 4 nitrogen and oxygen atoms in total. The first kappa shape index (κ1) is 16.7. The van der Waals surface area contributed by atoms with Crippen molar-refractivity contribution in [3.8, 4) is 0 Å². The lowest BCUT2D eigenvalue weighted by molar-refractivity contribution is 0.0274. The van der Waals surface area contributed by atoms with Crippen LogP contribution in [0.25, 0.3) is 0 Å². The number of hydrogen-bond donors (Lipinski definition) is 1. The summed E-state index contributed by atoms with van der Waals surface area (Å²) in [7, 11) is 0. The summed E-state index contributed by atoms with van der Waals surface area (Å²) >= 11 is 0. The largest absolute Gasteiger partial charge is 0.396 e. The van der Waals surface area contributed by atoms with Crippen LogP contribution in [-0.4, -0.2) is 34.9 Å². The maximum absolute atomic E-state index is 9.82. The predicted octanol–water partition coefficient (Wildman–Crippen LogP) is 3.87. The SMILES string of the molecule is C=CCC1(CO)CCCN(Cc2cc(C3CCCCC3)no2)C1. The van der Waals surface area contributed by atoms with E-state index in [0.29, 0.717) is 5.92 Å². The van der Waals surface area contributed by atoms with Crippen molar-refractivity contribution < 1.29 is 9.63 Å². The molecule has 23 heavy (non-hydrogen) atoms. The molecule has 1 aliphatic heterocycles. The Kier molecular flexibility index (Phi) is 5.54. The maximum atomic E-state index is 9.82. The van der Waals surface area contributed by atoms with Crippen LogP contribution in [-0.2, 0) is 6.54 Å². The number of rotatable bonds is 6. The average molecular weight is 318 g/mol. The van der Waals surface area contributed by atoms with E-state index < -0.39 is 0 Å². The molecule has 128 valence electrons. The molecule has 0 spiro atoms. The molecule has 1 aromatic heterocycles. The van der Waals surface area contributed by atoms with Crippen LogP contribution in [0.1, 0.15) is 68.7 Å². The van der Waals surface area contributed by atoms with Crippen molar-refractivity contribution in [2.24, 2.45) is 5.41 Å². The van der Waals surface area contributed by atoms with Crippen LogP contribution in [0.2, 0.25) is 0 Å². The van der Waals surface area contributed by atoms with Crippen LogP contribution < -0.4 is 0 Å². The number of aliphatic hydroxyl groups is 1. The van der Waals surface area contributed by atoms with Gasteiger partial charge in [0.1, 0.15) is 0 Å². The monoisotopic (exact) mass is 318 g/mol. The minimum absolute atomic E-state index is 0.0216. The van der Waals surface area contributed by atoms with Crippen LogP contribution in [0.3, 0.4) is 0 Å². The molecule has 1 saturated carbocycles. The lowest BCUT2D eigenvalue weighted by Crippen LogP contribution is -2.44. The molecule has 0 aromatic carbocycles. The first-order chi connectivity index (χ1) is 11.2. The molecule has 1 unspecified atom stereocenters. The molecule has 0 amide bonds. The summed E-state index contributed by atoms with van der Waals surface area (Å²) in [6.45, 7) is 6.87. The van der Waals surface area contributed by atoms with Gasteiger partial charge in [0.2, 0.25) is 0 Å². The van der Waals surface area contributed by atoms with Crippen LogP contribution in [0.5, 0.6) is 0 Å².